The Balaban J connectivity index is 1.77. The number of carbonyl (C=O) groups excluding carboxylic acids is 1. The molecule has 0 aliphatic heterocycles. The molecule has 70 valence electrons. The van der Waals surface area contributed by atoms with Gasteiger partial charge in [0.1, 0.15) is 5.78 Å². The van der Waals surface area contributed by atoms with Crippen LogP contribution in [0, 0.1) is 34.5 Å². The van der Waals surface area contributed by atoms with Gasteiger partial charge in [-0.05, 0) is 55.3 Å². The van der Waals surface area contributed by atoms with Crippen LogP contribution in [0.15, 0.2) is 0 Å². The van der Waals surface area contributed by atoms with Crippen molar-refractivity contribution in [3.8, 4) is 0 Å². The lowest BCUT2D eigenvalue weighted by Crippen LogP contribution is -2.88. The molecule has 1 heteroatoms. The maximum Gasteiger partial charge on any atom is 0.136 e. The van der Waals surface area contributed by atoms with Gasteiger partial charge in [0.25, 0.3) is 0 Å². The molecule has 4 aliphatic rings. The van der Waals surface area contributed by atoms with Crippen molar-refractivity contribution < 1.29 is 4.79 Å². The average molecular weight is 176 g/mol. The molecule has 4 saturated carbocycles. The lowest BCUT2D eigenvalue weighted by atomic mass is 9.12. The van der Waals surface area contributed by atoms with Crippen molar-refractivity contribution in [3.05, 3.63) is 0 Å². The van der Waals surface area contributed by atoms with Gasteiger partial charge in [-0.1, -0.05) is 6.92 Å². The fourth-order valence-electron chi connectivity index (χ4n) is 5.73. The lowest BCUT2D eigenvalue weighted by molar-refractivity contribution is -0.429. The van der Waals surface area contributed by atoms with Gasteiger partial charge >= 0.3 is 0 Å². The van der Waals surface area contributed by atoms with E-state index in [0.29, 0.717) is 5.78 Å². The second-order valence-corrected chi connectivity index (χ2v) is 6.05. The summed E-state index contributed by atoms with van der Waals surface area (Å²) in [6.07, 6.45) is 4.26. The molecule has 0 aromatic carbocycles. The van der Waals surface area contributed by atoms with Crippen LogP contribution < -0.4 is 0 Å². The molecular weight excluding hydrogens is 160 g/mol. The SMILES string of the molecule is CC(=O)C1(C)C2CC3CC4CC1C342. The monoisotopic (exact) mass is 176 g/mol. The van der Waals surface area contributed by atoms with Crippen molar-refractivity contribution in [2.75, 3.05) is 0 Å². The van der Waals surface area contributed by atoms with Crippen molar-refractivity contribution in [1.82, 2.24) is 0 Å². The molecule has 4 fully saturated rings. The summed E-state index contributed by atoms with van der Waals surface area (Å²) < 4.78 is 0. The molecule has 0 heterocycles. The van der Waals surface area contributed by atoms with Crippen LogP contribution >= 0.6 is 0 Å². The second-order valence-electron chi connectivity index (χ2n) is 6.05. The first kappa shape index (κ1) is 7.03. The van der Waals surface area contributed by atoms with E-state index < -0.39 is 0 Å². The number of Topliss-reactive ketones (excluding diaryl/α,β-unsaturated/α-hetero) is 1. The third-order valence-corrected chi connectivity index (χ3v) is 6.44. The summed E-state index contributed by atoms with van der Waals surface area (Å²) in [5, 5.41) is 0. The quantitative estimate of drug-likeness (QED) is 0.599. The molecular formula is C12H16O. The molecule has 0 N–H and O–H groups in total. The van der Waals surface area contributed by atoms with Gasteiger partial charge in [-0.2, -0.15) is 0 Å². The number of rotatable bonds is 1. The maximum absolute atomic E-state index is 11.6. The van der Waals surface area contributed by atoms with Crippen molar-refractivity contribution in [3.63, 3.8) is 0 Å². The van der Waals surface area contributed by atoms with E-state index in [1.807, 2.05) is 6.92 Å². The van der Waals surface area contributed by atoms with Gasteiger partial charge in [-0.3, -0.25) is 4.79 Å². The van der Waals surface area contributed by atoms with E-state index in [-0.39, 0.29) is 5.41 Å². The summed E-state index contributed by atoms with van der Waals surface area (Å²) >= 11 is 0. The normalized spacial score (nSPS) is 70.3. The fourth-order valence-corrected chi connectivity index (χ4v) is 5.73. The minimum atomic E-state index is 0.118. The van der Waals surface area contributed by atoms with Gasteiger partial charge in [0.2, 0.25) is 0 Å². The van der Waals surface area contributed by atoms with E-state index in [1.54, 1.807) is 0 Å². The Morgan fingerprint density at radius 2 is 1.69 bits per heavy atom. The Kier molecular flexibility index (Phi) is 0.816. The Morgan fingerprint density at radius 3 is 2.08 bits per heavy atom. The zero-order chi connectivity index (χ0) is 9.01. The first-order valence-electron chi connectivity index (χ1n) is 5.64. The van der Waals surface area contributed by atoms with Crippen molar-refractivity contribution in [1.29, 1.82) is 0 Å². The first-order valence-corrected chi connectivity index (χ1v) is 5.64. The number of carbonyl (C=O) groups is 1. The molecule has 4 rings (SSSR count). The molecule has 4 unspecified atom stereocenters. The van der Waals surface area contributed by atoms with Gasteiger partial charge in [0, 0.05) is 5.41 Å². The number of hydrogen-bond acceptors (Lipinski definition) is 1. The van der Waals surface area contributed by atoms with E-state index in [9.17, 15) is 4.79 Å². The van der Waals surface area contributed by atoms with E-state index in [0.717, 1.165) is 29.1 Å². The number of hydrogen-bond donors (Lipinski definition) is 0. The molecule has 0 bridgehead atoms. The minimum Gasteiger partial charge on any atom is -0.299 e. The van der Waals surface area contributed by atoms with Crippen molar-refractivity contribution >= 4 is 5.78 Å². The highest BCUT2D eigenvalue weighted by atomic mass is 16.1. The Bertz CT molecular complexity index is 308. The van der Waals surface area contributed by atoms with E-state index in [1.165, 1.54) is 19.3 Å². The summed E-state index contributed by atoms with van der Waals surface area (Å²) in [5.74, 6) is 4.18. The van der Waals surface area contributed by atoms with Crippen LogP contribution in [0.2, 0.25) is 0 Å². The Morgan fingerprint density at radius 1 is 1.15 bits per heavy atom. The first-order chi connectivity index (χ1) is 6.12. The summed E-state index contributed by atoms with van der Waals surface area (Å²) in [6, 6.07) is 0. The highest BCUT2D eigenvalue weighted by Crippen LogP contribution is 2.92. The molecule has 1 nitrogen and oxygen atoms in total. The topological polar surface area (TPSA) is 17.1 Å². The second kappa shape index (κ2) is 1.51. The minimum absolute atomic E-state index is 0.118. The Labute approximate surface area is 78.9 Å². The van der Waals surface area contributed by atoms with E-state index in [2.05, 4.69) is 6.92 Å². The summed E-state index contributed by atoms with van der Waals surface area (Å²) in [4.78, 5) is 11.6. The molecule has 13 heavy (non-hydrogen) atoms. The van der Waals surface area contributed by atoms with Crippen LogP contribution in [0.5, 0.6) is 0 Å². The van der Waals surface area contributed by atoms with E-state index >= 15 is 0 Å². The lowest BCUT2D eigenvalue weighted by Gasteiger charge is -2.91. The van der Waals surface area contributed by atoms with Gasteiger partial charge in [-0.15, -0.1) is 0 Å². The zero-order valence-electron chi connectivity index (χ0n) is 8.34. The predicted molar refractivity (Wildman–Crippen MR) is 49.0 cm³/mol. The summed E-state index contributed by atoms with van der Waals surface area (Å²) in [7, 11) is 0. The average Bonchev–Trinajstić information content (AvgIpc) is 1.95. The van der Waals surface area contributed by atoms with Gasteiger partial charge in [-0.25, -0.2) is 0 Å². The molecule has 0 aromatic rings. The molecule has 0 amide bonds. The van der Waals surface area contributed by atoms with Crippen LogP contribution in [-0.2, 0) is 4.79 Å². The van der Waals surface area contributed by atoms with Gasteiger partial charge in [0.15, 0.2) is 0 Å². The highest BCUT2D eigenvalue weighted by molar-refractivity contribution is 5.85. The number of ketones is 1. The third-order valence-electron chi connectivity index (χ3n) is 6.44. The largest absolute Gasteiger partial charge is 0.299 e. The Hall–Kier alpha value is -0.330. The van der Waals surface area contributed by atoms with Crippen molar-refractivity contribution in [2.45, 2.75) is 33.1 Å². The third kappa shape index (κ3) is 0.379. The molecule has 1 spiro atoms. The maximum atomic E-state index is 11.6. The zero-order valence-corrected chi connectivity index (χ0v) is 8.34. The van der Waals surface area contributed by atoms with Crippen LogP contribution in [0.4, 0.5) is 0 Å². The van der Waals surface area contributed by atoms with Crippen LogP contribution in [0.25, 0.3) is 0 Å². The summed E-state index contributed by atoms with van der Waals surface area (Å²) in [6.45, 7) is 4.05. The van der Waals surface area contributed by atoms with Crippen LogP contribution in [-0.4, -0.2) is 5.78 Å². The van der Waals surface area contributed by atoms with Crippen LogP contribution in [0.1, 0.15) is 33.1 Å². The highest BCUT2D eigenvalue weighted by Gasteiger charge is 2.88. The molecule has 0 aromatic heterocycles. The summed E-state index contributed by atoms with van der Waals surface area (Å²) in [5.41, 5.74) is 0.869. The van der Waals surface area contributed by atoms with Gasteiger partial charge in [0.05, 0.1) is 0 Å². The molecule has 4 atom stereocenters. The molecule has 0 radical (unpaired) electrons. The van der Waals surface area contributed by atoms with Gasteiger partial charge < -0.3 is 0 Å². The molecule has 0 saturated heterocycles. The smallest absolute Gasteiger partial charge is 0.136 e. The van der Waals surface area contributed by atoms with Crippen LogP contribution in [0.3, 0.4) is 0 Å². The van der Waals surface area contributed by atoms with Crippen molar-refractivity contribution in [2.24, 2.45) is 34.5 Å². The van der Waals surface area contributed by atoms with E-state index in [4.69, 9.17) is 0 Å². The standard InChI is InChI=1S/C12H16O/c1-6(13)11(2)9-4-7-3-8-5-10(11)12(7,8)9/h7-10H,3-5H2,1-2H3. The predicted octanol–water partition coefficient (Wildman–Crippen LogP) is 2.26. The molecule has 4 aliphatic carbocycles. The fraction of sp³-hybridized carbons (Fsp3) is 0.917.